The average Bonchev–Trinajstić information content (AvgIpc) is 2.62. The average molecular weight is 411 g/mol. The molecular weight excluding hydrogens is 398 g/mol. The van der Waals surface area contributed by atoms with Crippen molar-refractivity contribution in [3.8, 4) is 0 Å². The third-order valence-electron chi connectivity index (χ3n) is 3.84. The number of hydrogen-bond acceptors (Lipinski definition) is 4. The van der Waals surface area contributed by atoms with E-state index in [2.05, 4.69) is 10.4 Å². The zero-order valence-corrected chi connectivity index (χ0v) is 15.2. The van der Waals surface area contributed by atoms with Crippen molar-refractivity contribution >= 4 is 28.6 Å². The minimum Gasteiger partial charge on any atom is -0.273 e. The molecule has 1 heterocycles. The summed E-state index contributed by atoms with van der Waals surface area (Å²) in [5.41, 5.74) is 1.01. The number of halogens is 4. The second-order valence-electron chi connectivity index (χ2n) is 5.81. The molecule has 0 unspecified atom stereocenters. The fraction of sp³-hybridized carbons (Fsp3) is 0.167. The van der Waals surface area contributed by atoms with Crippen LogP contribution in [-0.2, 0) is 17.4 Å². The summed E-state index contributed by atoms with van der Waals surface area (Å²) in [5, 5.41) is -0.0544. The van der Waals surface area contributed by atoms with Gasteiger partial charge in [0.25, 0.3) is 5.56 Å². The molecule has 10 heteroatoms. The lowest BCUT2D eigenvalue weighted by Crippen LogP contribution is -2.35. The Morgan fingerprint density at radius 1 is 1.21 bits per heavy atom. The summed E-state index contributed by atoms with van der Waals surface area (Å²) in [7, 11) is 0. The van der Waals surface area contributed by atoms with E-state index in [0.717, 1.165) is 34.6 Å². The number of benzene rings is 2. The zero-order chi connectivity index (χ0) is 20.5. The topological polar surface area (TPSA) is 64.0 Å². The van der Waals surface area contributed by atoms with Crippen molar-refractivity contribution < 1.29 is 22.4 Å². The van der Waals surface area contributed by atoms with Gasteiger partial charge in [-0.2, -0.15) is 17.8 Å². The Balaban J connectivity index is 1.97. The lowest BCUT2D eigenvalue weighted by Gasteiger charge is -2.14. The molecule has 0 radical (unpaired) electrons. The van der Waals surface area contributed by atoms with E-state index in [-0.39, 0.29) is 22.5 Å². The molecule has 0 aliphatic carbocycles. The highest BCUT2D eigenvalue weighted by Crippen LogP contribution is 2.30. The predicted octanol–water partition coefficient (Wildman–Crippen LogP) is 3.59. The number of amides is 1. The molecule has 1 N–H and O–H groups in total. The molecule has 146 valence electrons. The van der Waals surface area contributed by atoms with Gasteiger partial charge in [0.2, 0.25) is 5.91 Å². The van der Waals surface area contributed by atoms with Crippen LogP contribution in [0.15, 0.2) is 52.4 Å². The maximum Gasteiger partial charge on any atom is 0.416 e. The van der Waals surface area contributed by atoms with Crippen molar-refractivity contribution in [2.75, 3.05) is 11.7 Å². The molecule has 0 aliphatic heterocycles. The molecule has 3 aromatic rings. The summed E-state index contributed by atoms with van der Waals surface area (Å²) < 4.78 is 52.8. The second-order valence-corrected chi connectivity index (χ2v) is 6.58. The van der Waals surface area contributed by atoms with E-state index in [4.69, 9.17) is 0 Å². The monoisotopic (exact) mass is 411 g/mol. The first kappa shape index (κ1) is 19.9. The van der Waals surface area contributed by atoms with Crippen molar-refractivity contribution in [1.29, 1.82) is 0 Å². The summed E-state index contributed by atoms with van der Waals surface area (Å²) in [6, 6.07) is 8.02. The molecule has 1 aromatic heterocycles. The van der Waals surface area contributed by atoms with Crippen LogP contribution in [0.25, 0.3) is 10.9 Å². The highest BCUT2D eigenvalue weighted by molar-refractivity contribution is 7.98. The Morgan fingerprint density at radius 2 is 1.96 bits per heavy atom. The van der Waals surface area contributed by atoms with Crippen LogP contribution in [0.2, 0.25) is 0 Å². The van der Waals surface area contributed by atoms with Gasteiger partial charge in [-0.25, -0.2) is 9.37 Å². The first-order chi connectivity index (χ1) is 13.2. The van der Waals surface area contributed by atoms with E-state index in [9.17, 15) is 27.2 Å². The molecule has 0 fully saturated rings. The lowest BCUT2D eigenvalue weighted by atomic mass is 10.1. The maximum atomic E-state index is 13.2. The standard InChI is InChI=1S/C18H13F4N3O2S/c1-28-17-23-14-9-11(18(20,21)22)5-6-13(14)16(27)25(17)24-15(26)8-10-3-2-4-12(19)7-10/h2-7,9H,8H2,1H3,(H,24,26). The van der Waals surface area contributed by atoms with Crippen LogP contribution in [0.1, 0.15) is 11.1 Å². The Labute approximate surface area is 160 Å². The molecule has 0 aliphatic rings. The number of hydrogen-bond donors (Lipinski definition) is 1. The minimum atomic E-state index is -4.57. The molecule has 0 bridgehead atoms. The van der Waals surface area contributed by atoms with E-state index in [1.165, 1.54) is 18.2 Å². The minimum absolute atomic E-state index is 0.0180. The van der Waals surface area contributed by atoms with Crippen LogP contribution < -0.4 is 11.0 Å². The molecular formula is C18H13F4N3O2S. The van der Waals surface area contributed by atoms with E-state index in [0.29, 0.717) is 5.56 Å². The van der Waals surface area contributed by atoms with Crippen LogP contribution in [0.5, 0.6) is 0 Å². The summed E-state index contributed by atoms with van der Waals surface area (Å²) in [6.45, 7) is 0. The normalized spacial score (nSPS) is 11.6. The van der Waals surface area contributed by atoms with Gasteiger partial charge in [0, 0.05) is 0 Å². The number of rotatable bonds is 4. The molecule has 0 atom stereocenters. The van der Waals surface area contributed by atoms with Gasteiger partial charge in [0.15, 0.2) is 5.16 Å². The van der Waals surface area contributed by atoms with Crippen molar-refractivity contribution in [3.05, 3.63) is 69.8 Å². The van der Waals surface area contributed by atoms with Crippen molar-refractivity contribution in [1.82, 2.24) is 9.66 Å². The summed E-state index contributed by atoms with van der Waals surface area (Å²) in [6.07, 6.45) is -3.19. The molecule has 0 saturated heterocycles. The van der Waals surface area contributed by atoms with Crippen LogP contribution in [-0.4, -0.2) is 21.8 Å². The molecule has 0 saturated carbocycles. The number of fused-ring (bicyclic) bond motifs is 1. The van der Waals surface area contributed by atoms with Gasteiger partial charge in [-0.1, -0.05) is 23.9 Å². The Morgan fingerprint density at radius 3 is 2.61 bits per heavy atom. The number of carbonyl (C=O) groups excluding carboxylic acids is 1. The SMILES string of the molecule is CSc1nc2cc(C(F)(F)F)ccc2c(=O)n1NC(=O)Cc1cccc(F)c1. The Bertz CT molecular complexity index is 1110. The third kappa shape index (κ3) is 4.16. The fourth-order valence-electron chi connectivity index (χ4n) is 2.57. The van der Waals surface area contributed by atoms with Gasteiger partial charge < -0.3 is 0 Å². The largest absolute Gasteiger partial charge is 0.416 e. The number of carbonyl (C=O) groups is 1. The summed E-state index contributed by atoms with van der Waals surface area (Å²) in [4.78, 5) is 29.0. The van der Waals surface area contributed by atoms with Crippen LogP contribution >= 0.6 is 11.8 Å². The number of nitrogens with zero attached hydrogens (tertiary/aromatic N) is 2. The number of nitrogens with one attached hydrogen (secondary N) is 1. The van der Waals surface area contributed by atoms with E-state index < -0.39 is 29.0 Å². The summed E-state index contributed by atoms with van der Waals surface area (Å²) in [5.74, 6) is -1.10. The first-order valence-corrected chi connectivity index (χ1v) is 9.14. The summed E-state index contributed by atoms with van der Waals surface area (Å²) >= 11 is 0.984. The molecule has 0 spiro atoms. The molecule has 3 rings (SSSR count). The highest BCUT2D eigenvalue weighted by Gasteiger charge is 2.31. The van der Waals surface area contributed by atoms with Crippen molar-refractivity contribution in [3.63, 3.8) is 0 Å². The van der Waals surface area contributed by atoms with Crippen LogP contribution in [0, 0.1) is 5.82 Å². The van der Waals surface area contributed by atoms with E-state index in [1.54, 1.807) is 12.3 Å². The lowest BCUT2D eigenvalue weighted by molar-refractivity contribution is -0.137. The predicted molar refractivity (Wildman–Crippen MR) is 97.3 cm³/mol. The quantitative estimate of drug-likeness (QED) is 0.405. The smallest absolute Gasteiger partial charge is 0.273 e. The fourth-order valence-corrected chi connectivity index (χ4v) is 3.07. The zero-order valence-electron chi connectivity index (χ0n) is 14.4. The Hall–Kier alpha value is -2.88. The molecule has 5 nitrogen and oxygen atoms in total. The van der Waals surface area contributed by atoms with Gasteiger partial charge in [-0.15, -0.1) is 0 Å². The molecule has 2 aromatic carbocycles. The van der Waals surface area contributed by atoms with Gasteiger partial charge in [-0.3, -0.25) is 15.0 Å². The van der Waals surface area contributed by atoms with E-state index >= 15 is 0 Å². The van der Waals surface area contributed by atoms with Crippen molar-refractivity contribution in [2.24, 2.45) is 0 Å². The number of aromatic nitrogens is 2. The third-order valence-corrected chi connectivity index (χ3v) is 4.48. The number of thioether (sulfide) groups is 1. The van der Waals surface area contributed by atoms with Gasteiger partial charge >= 0.3 is 6.18 Å². The highest BCUT2D eigenvalue weighted by atomic mass is 32.2. The van der Waals surface area contributed by atoms with Crippen molar-refractivity contribution in [2.45, 2.75) is 17.8 Å². The van der Waals surface area contributed by atoms with E-state index in [1.807, 2.05) is 0 Å². The first-order valence-electron chi connectivity index (χ1n) is 7.91. The van der Waals surface area contributed by atoms with Crippen LogP contribution in [0.3, 0.4) is 0 Å². The van der Waals surface area contributed by atoms with Gasteiger partial charge in [0.05, 0.1) is 22.9 Å². The van der Waals surface area contributed by atoms with Gasteiger partial charge in [-0.05, 0) is 42.2 Å². The van der Waals surface area contributed by atoms with Gasteiger partial charge in [0.1, 0.15) is 5.82 Å². The van der Waals surface area contributed by atoms with Crippen LogP contribution in [0.4, 0.5) is 17.6 Å². The Kier molecular flexibility index (Phi) is 5.41. The second kappa shape index (κ2) is 7.63. The molecule has 28 heavy (non-hydrogen) atoms. The maximum absolute atomic E-state index is 13.2. The molecule has 1 amide bonds. The number of alkyl halides is 3.